The van der Waals surface area contributed by atoms with Crippen molar-refractivity contribution in [3.63, 3.8) is 0 Å². The average Bonchev–Trinajstić information content (AvgIpc) is 2.36. The van der Waals surface area contributed by atoms with Crippen LogP contribution in [-0.4, -0.2) is 34.7 Å². The van der Waals surface area contributed by atoms with E-state index < -0.39 is 12.0 Å². The summed E-state index contributed by atoms with van der Waals surface area (Å²) in [5.74, 6) is 1.35. The Balaban J connectivity index is 1.66. The predicted molar refractivity (Wildman–Crippen MR) is 71.8 cm³/mol. The van der Waals surface area contributed by atoms with Gasteiger partial charge in [-0.3, -0.25) is 4.79 Å². The lowest BCUT2D eigenvalue weighted by Gasteiger charge is -2.53. The minimum Gasteiger partial charge on any atom is -0.480 e. The smallest absolute Gasteiger partial charge is 0.326 e. The molecule has 0 saturated heterocycles. The van der Waals surface area contributed by atoms with Crippen molar-refractivity contribution in [2.24, 2.45) is 29.6 Å². The first-order chi connectivity index (χ1) is 9.58. The molecule has 1 unspecified atom stereocenters. The second kappa shape index (κ2) is 5.35. The zero-order chi connectivity index (χ0) is 14.3. The fourth-order valence-corrected chi connectivity index (χ4v) is 5.01. The summed E-state index contributed by atoms with van der Waals surface area (Å²) in [6.45, 7) is -0.223. The highest BCUT2D eigenvalue weighted by Gasteiger charge is 2.51. The first-order valence-corrected chi connectivity index (χ1v) is 7.72. The Morgan fingerprint density at radius 1 is 1.05 bits per heavy atom. The second-order valence-corrected chi connectivity index (χ2v) is 6.87. The van der Waals surface area contributed by atoms with Crippen molar-refractivity contribution in [3.05, 3.63) is 0 Å². The van der Waals surface area contributed by atoms with Crippen LogP contribution >= 0.6 is 0 Å². The van der Waals surface area contributed by atoms with E-state index in [2.05, 4.69) is 5.32 Å². The van der Waals surface area contributed by atoms with E-state index in [-0.39, 0.29) is 24.9 Å². The molecular formula is C15H23NO4. The van der Waals surface area contributed by atoms with Crippen molar-refractivity contribution in [1.29, 1.82) is 0 Å². The Kier molecular flexibility index (Phi) is 3.71. The minimum atomic E-state index is -1.06. The fourth-order valence-electron chi connectivity index (χ4n) is 5.01. The molecule has 112 valence electrons. The molecule has 4 aliphatic rings. The Labute approximate surface area is 118 Å². The molecule has 4 fully saturated rings. The van der Waals surface area contributed by atoms with Gasteiger partial charge in [0, 0.05) is 18.9 Å². The summed E-state index contributed by atoms with van der Waals surface area (Å²) in [7, 11) is 0. The highest BCUT2D eigenvalue weighted by atomic mass is 16.4. The summed E-state index contributed by atoms with van der Waals surface area (Å²) in [6.07, 6.45) is 5.98. The monoisotopic (exact) mass is 281 g/mol. The van der Waals surface area contributed by atoms with E-state index in [1.807, 2.05) is 0 Å². The van der Waals surface area contributed by atoms with Crippen molar-refractivity contribution in [2.45, 2.75) is 44.6 Å². The number of aliphatic hydroxyl groups is 1. The van der Waals surface area contributed by atoms with Gasteiger partial charge in [0.2, 0.25) is 5.91 Å². The lowest BCUT2D eigenvalue weighted by Crippen LogP contribution is -2.53. The van der Waals surface area contributed by atoms with Crippen LogP contribution in [0, 0.1) is 29.6 Å². The van der Waals surface area contributed by atoms with Gasteiger partial charge in [0.15, 0.2) is 0 Å². The molecule has 0 aliphatic heterocycles. The number of aliphatic carboxylic acids is 1. The van der Waals surface area contributed by atoms with Crippen molar-refractivity contribution < 1.29 is 19.8 Å². The highest BCUT2D eigenvalue weighted by molar-refractivity contribution is 5.85. The number of carboxylic acid groups (broad SMARTS) is 1. The molecule has 0 radical (unpaired) electrons. The van der Waals surface area contributed by atoms with Crippen LogP contribution in [0.25, 0.3) is 0 Å². The molecule has 0 aromatic heterocycles. The quantitative estimate of drug-likeness (QED) is 0.702. The van der Waals surface area contributed by atoms with Crippen LogP contribution < -0.4 is 5.32 Å². The number of hydrogen-bond acceptors (Lipinski definition) is 3. The second-order valence-electron chi connectivity index (χ2n) is 6.87. The molecule has 5 nitrogen and oxygen atoms in total. The molecule has 3 N–H and O–H groups in total. The molecule has 5 heteroatoms. The van der Waals surface area contributed by atoms with Gasteiger partial charge in [-0.1, -0.05) is 0 Å². The Bertz CT molecular complexity index is 381. The van der Waals surface area contributed by atoms with E-state index in [1.165, 1.54) is 6.42 Å². The topological polar surface area (TPSA) is 86.6 Å². The average molecular weight is 281 g/mol. The zero-order valence-electron chi connectivity index (χ0n) is 11.6. The molecule has 0 aromatic rings. The molecule has 0 aromatic carbocycles. The lowest BCUT2D eigenvalue weighted by atomic mass is 9.51. The molecule has 0 heterocycles. The van der Waals surface area contributed by atoms with Crippen LogP contribution in [0.2, 0.25) is 0 Å². The predicted octanol–water partition coefficient (Wildman–Crippen LogP) is 1.01. The Hall–Kier alpha value is -1.10. The molecule has 0 spiro atoms. The van der Waals surface area contributed by atoms with Gasteiger partial charge < -0.3 is 15.5 Å². The van der Waals surface area contributed by atoms with Crippen LogP contribution in [0.15, 0.2) is 0 Å². The number of rotatable bonds is 5. The van der Waals surface area contributed by atoms with E-state index in [0.717, 1.165) is 37.5 Å². The zero-order valence-corrected chi connectivity index (χ0v) is 11.6. The lowest BCUT2D eigenvalue weighted by molar-refractivity contribution is -0.147. The molecular weight excluding hydrogens is 258 g/mol. The largest absolute Gasteiger partial charge is 0.480 e. The van der Waals surface area contributed by atoms with Gasteiger partial charge in [-0.15, -0.1) is 0 Å². The molecule has 4 aliphatic carbocycles. The SMILES string of the molecule is O=C(O)C(CCO)NC(=O)C1C2CC3CC(C2)CC1C3. The molecule has 4 saturated carbocycles. The maximum atomic E-state index is 12.5. The number of aliphatic hydroxyl groups excluding tert-OH is 1. The van der Waals surface area contributed by atoms with E-state index in [4.69, 9.17) is 10.2 Å². The van der Waals surface area contributed by atoms with Crippen LogP contribution in [0.1, 0.15) is 38.5 Å². The van der Waals surface area contributed by atoms with E-state index in [0.29, 0.717) is 11.8 Å². The molecule has 4 rings (SSSR count). The van der Waals surface area contributed by atoms with Gasteiger partial charge in [0.1, 0.15) is 6.04 Å². The molecule has 20 heavy (non-hydrogen) atoms. The van der Waals surface area contributed by atoms with Gasteiger partial charge in [-0.2, -0.15) is 0 Å². The third-order valence-corrected chi connectivity index (χ3v) is 5.56. The number of nitrogens with one attached hydrogen (secondary N) is 1. The number of carboxylic acids is 1. The van der Waals surface area contributed by atoms with Crippen LogP contribution in [0.5, 0.6) is 0 Å². The van der Waals surface area contributed by atoms with E-state index in [9.17, 15) is 9.59 Å². The van der Waals surface area contributed by atoms with Crippen molar-refractivity contribution >= 4 is 11.9 Å². The van der Waals surface area contributed by atoms with Gasteiger partial charge in [-0.05, 0) is 55.8 Å². The van der Waals surface area contributed by atoms with Crippen LogP contribution in [-0.2, 0) is 9.59 Å². The van der Waals surface area contributed by atoms with Crippen molar-refractivity contribution in [3.8, 4) is 0 Å². The number of carbonyl (C=O) groups is 2. The van der Waals surface area contributed by atoms with E-state index >= 15 is 0 Å². The fraction of sp³-hybridized carbons (Fsp3) is 0.867. The van der Waals surface area contributed by atoms with E-state index in [1.54, 1.807) is 0 Å². The summed E-state index contributed by atoms with van der Waals surface area (Å²) in [5.41, 5.74) is 0. The van der Waals surface area contributed by atoms with Gasteiger partial charge in [0.05, 0.1) is 0 Å². The number of hydrogen-bond donors (Lipinski definition) is 3. The van der Waals surface area contributed by atoms with Crippen molar-refractivity contribution in [1.82, 2.24) is 5.32 Å². The summed E-state index contributed by atoms with van der Waals surface area (Å²) >= 11 is 0. The summed E-state index contributed by atoms with van der Waals surface area (Å²) in [6, 6.07) is -0.954. The van der Waals surface area contributed by atoms with Crippen LogP contribution in [0.4, 0.5) is 0 Å². The third kappa shape index (κ3) is 2.43. The molecule has 4 bridgehead atoms. The Morgan fingerprint density at radius 3 is 2.05 bits per heavy atom. The van der Waals surface area contributed by atoms with Crippen LogP contribution in [0.3, 0.4) is 0 Å². The maximum absolute atomic E-state index is 12.5. The Morgan fingerprint density at radius 2 is 1.60 bits per heavy atom. The first-order valence-electron chi connectivity index (χ1n) is 7.72. The van der Waals surface area contributed by atoms with Gasteiger partial charge in [0.25, 0.3) is 0 Å². The van der Waals surface area contributed by atoms with Gasteiger partial charge in [-0.25, -0.2) is 4.79 Å². The highest BCUT2D eigenvalue weighted by Crippen LogP contribution is 2.56. The summed E-state index contributed by atoms with van der Waals surface area (Å²) < 4.78 is 0. The summed E-state index contributed by atoms with van der Waals surface area (Å²) in [5, 5.41) is 20.6. The molecule has 1 atom stereocenters. The maximum Gasteiger partial charge on any atom is 0.326 e. The first kappa shape index (κ1) is 13.9. The minimum absolute atomic E-state index is 0.00310. The number of carbonyl (C=O) groups excluding carboxylic acids is 1. The van der Waals surface area contributed by atoms with Gasteiger partial charge >= 0.3 is 5.97 Å². The summed E-state index contributed by atoms with van der Waals surface area (Å²) in [4.78, 5) is 23.6. The molecule has 1 amide bonds. The standard InChI is InChI=1S/C15H23NO4/c17-2-1-12(15(19)20)16-14(18)13-10-4-8-3-9(6-10)7-11(13)5-8/h8-13,17H,1-7H2,(H,16,18)(H,19,20). The normalized spacial score (nSPS) is 39.5. The van der Waals surface area contributed by atoms with Crippen molar-refractivity contribution in [2.75, 3.05) is 6.61 Å². The number of amides is 1. The third-order valence-electron chi connectivity index (χ3n) is 5.56.